The van der Waals surface area contributed by atoms with Crippen LogP contribution < -0.4 is 16.2 Å². The molecule has 1 aromatic carbocycles. The van der Waals surface area contributed by atoms with Crippen molar-refractivity contribution in [1.29, 1.82) is 0 Å². The number of carbonyl (C=O) groups is 1. The maximum absolute atomic E-state index is 11.3. The third kappa shape index (κ3) is 3.16. The summed E-state index contributed by atoms with van der Waals surface area (Å²) in [5, 5.41) is 0. The van der Waals surface area contributed by atoms with Gasteiger partial charge in [0.05, 0.1) is 0 Å². The quantitative estimate of drug-likeness (QED) is 0.532. The van der Waals surface area contributed by atoms with E-state index in [0.29, 0.717) is 18.7 Å². The molecule has 0 saturated heterocycles. The van der Waals surface area contributed by atoms with Gasteiger partial charge in [-0.3, -0.25) is 0 Å². The monoisotopic (exact) mass is 194 g/mol. The Labute approximate surface area is 82.8 Å². The van der Waals surface area contributed by atoms with Gasteiger partial charge in [0.25, 0.3) is 0 Å². The van der Waals surface area contributed by atoms with E-state index in [1.807, 2.05) is 6.07 Å². The van der Waals surface area contributed by atoms with Crippen LogP contribution in [0.1, 0.15) is 6.42 Å². The van der Waals surface area contributed by atoms with E-state index in [-0.39, 0.29) is 0 Å². The molecule has 1 aromatic rings. The second-order valence-electron chi connectivity index (χ2n) is 2.92. The molecule has 4 N–H and O–H groups in total. The zero-order chi connectivity index (χ0) is 10.4. The minimum atomic E-state index is -0.639. The summed E-state index contributed by atoms with van der Waals surface area (Å²) in [4.78, 5) is 11.3. The predicted octanol–water partition coefficient (Wildman–Crippen LogP) is 0.268. The van der Waals surface area contributed by atoms with Crippen LogP contribution in [0.4, 0.5) is 0 Å². The third-order valence-corrected chi connectivity index (χ3v) is 1.74. The minimum absolute atomic E-state index is 0.380. The smallest absolute Gasteiger partial charge is 0.328 e. The van der Waals surface area contributed by atoms with Gasteiger partial charge < -0.3 is 16.2 Å². The first-order chi connectivity index (χ1) is 6.74. The van der Waals surface area contributed by atoms with Gasteiger partial charge in [0.1, 0.15) is 11.8 Å². The van der Waals surface area contributed by atoms with Crippen molar-refractivity contribution in [1.82, 2.24) is 0 Å². The van der Waals surface area contributed by atoms with Crippen molar-refractivity contribution in [2.24, 2.45) is 11.5 Å². The SMILES string of the molecule is NCC[C@H](N)C(=O)Oc1ccccc1. The lowest BCUT2D eigenvalue weighted by atomic mass is 10.2. The molecule has 0 heterocycles. The molecule has 0 aliphatic rings. The Balaban J connectivity index is 2.49. The summed E-state index contributed by atoms with van der Waals surface area (Å²) >= 11 is 0. The maximum atomic E-state index is 11.3. The normalized spacial score (nSPS) is 12.1. The molecular weight excluding hydrogens is 180 g/mol. The lowest BCUT2D eigenvalue weighted by Crippen LogP contribution is -2.36. The Morgan fingerprint density at radius 3 is 2.57 bits per heavy atom. The second-order valence-corrected chi connectivity index (χ2v) is 2.92. The van der Waals surface area contributed by atoms with Gasteiger partial charge in [0.15, 0.2) is 0 Å². The molecule has 4 heteroatoms. The van der Waals surface area contributed by atoms with Gasteiger partial charge in [-0.25, -0.2) is 4.79 Å². The molecule has 76 valence electrons. The molecule has 0 fully saturated rings. The van der Waals surface area contributed by atoms with Crippen LogP contribution in [-0.2, 0) is 4.79 Å². The Morgan fingerprint density at radius 1 is 1.36 bits per heavy atom. The number of esters is 1. The number of para-hydroxylation sites is 1. The maximum Gasteiger partial charge on any atom is 0.328 e. The van der Waals surface area contributed by atoms with Crippen LogP contribution in [0, 0.1) is 0 Å². The Morgan fingerprint density at radius 2 is 2.00 bits per heavy atom. The van der Waals surface area contributed by atoms with Gasteiger partial charge in [-0.15, -0.1) is 0 Å². The summed E-state index contributed by atoms with van der Waals surface area (Å²) in [6.07, 6.45) is 0.436. The number of nitrogens with two attached hydrogens (primary N) is 2. The highest BCUT2D eigenvalue weighted by molar-refractivity contribution is 5.77. The predicted molar refractivity (Wildman–Crippen MR) is 53.7 cm³/mol. The molecule has 0 amide bonds. The molecule has 0 spiro atoms. The van der Waals surface area contributed by atoms with Gasteiger partial charge in [0.2, 0.25) is 0 Å². The van der Waals surface area contributed by atoms with Crippen LogP contribution in [-0.4, -0.2) is 18.6 Å². The van der Waals surface area contributed by atoms with Gasteiger partial charge in [-0.1, -0.05) is 18.2 Å². The molecule has 1 atom stereocenters. The van der Waals surface area contributed by atoms with Crippen LogP contribution >= 0.6 is 0 Å². The van der Waals surface area contributed by atoms with E-state index in [2.05, 4.69) is 0 Å². The average molecular weight is 194 g/mol. The standard InChI is InChI=1S/C10H14N2O2/c11-7-6-9(12)10(13)14-8-4-2-1-3-5-8/h1-5,9H,6-7,11-12H2/t9-/m0/s1. The van der Waals surface area contributed by atoms with Crippen molar-refractivity contribution in [2.75, 3.05) is 6.54 Å². The van der Waals surface area contributed by atoms with E-state index >= 15 is 0 Å². The van der Waals surface area contributed by atoms with E-state index in [9.17, 15) is 4.79 Å². The van der Waals surface area contributed by atoms with E-state index in [4.69, 9.17) is 16.2 Å². The van der Waals surface area contributed by atoms with Gasteiger partial charge in [-0.05, 0) is 25.1 Å². The Bertz CT molecular complexity index is 287. The second kappa shape index (κ2) is 5.36. The zero-order valence-electron chi connectivity index (χ0n) is 7.85. The summed E-state index contributed by atoms with van der Waals surface area (Å²) in [5.74, 6) is 0.0617. The molecule has 0 bridgehead atoms. The molecule has 4 nitrogen and oxygen atoms in total. The highest BCUT2D eigenvalue weighted by Crippen LogP contribution is 2.09. The number of carbonyl (C=O) groups excluding carboxylic acids is 1. The van der Waals surface area contributed by atoms with Crippen LogP contribution in [0.15, 0.2) is 30.3 Å². The summed E-state index contributed by atoms with van der Waals surface area (Å²) < 4.78 is 5.01. The summed E-state index contributed by atoms with van der Waals surface area (Å²) in [6, 6.07) is 8.19. The molecular formula is C10H14N2O2. The third-order valence-electron chi connectivity index (χ3n) is 1.74. The van der Waals surface area contributed by atoms with Crippen LogP contribution in [0.25, 0.3) is 0 Å². The lowest BCUT2D eigenvalue weighted by molar-refractivity contribution is -0.135. The number of ether oxygens (including phenoxy) is 1. The number of hydrogen-bond acceptors (Lipinski definition) is 4. The minimum Gasteiger partial charge on any atom is -0.425 e. The highest BCUT2D eigenvalue weighted by Gasteiger charge is 2.14. The van der Waals surface area contributed by atoms with Crippen molar-refractivity contribution < 1.29 is 9.53 Å². The summed E-state index contributed by atoms with van der Waals surface area (Å²) in [5.41, 5.74) is 10.8. The van der Waals surface area contributed by atoms with Crippen LogP contribution in [0.2, 0.25) is 0 Å². The number of hydrogen-bond donors (Lipinski definition) is 2. The fraction of sp³-hybridized carbons (Fsp3) is 0.300. The molecule has 0 unspecified atom stereocenters. The van der Waals surface area contributed by atoms with Crippen LogP contribution in [0.3, 0.4) is 0 Å². The van der Waals surface area contributed by atoms with Crippen molar-refractivity contribution in [3.05, 3.63) is 30.3 Å². The van der Waals surface area contributed by atoms with Crippen molar-refractivity contribution in [2.45, 2.75) is 12.5 Å². The summed E-state index contributed by atoms with van der Waals surface area (Å²) in [6.45, 7) is 0.380. The first kappa shape index (κ1) is 10.7. The molecule has 0 radical (unpaired) electrons. The van der Waals surface area contributed by atoms with Crippen molar-refractivity contribution in [3.8, 4) is 5.75 Å². The first-order valence-electron chi connectivity index (χ1n) is 4.46. The zero-order valence-corrected chi connectivity index (χ0v) is 7.85. The van der Waals surface area contributed by atoms with Gasteiger partial charge in [-0.2, -0.15) is 0 Å². The van der Waals surface area contributed by atoms with Crippen LogP contribution in [0.5, 0.6) is 5.75 Å². The largest absolute Gasteiger partial charge is 0.425 e. The Hall–Kier alpha value is -1.39. The average Bonchev–Trinajstić information content (AvgIpc) is 2.19. The van der Waals surface area contributed by atoms with E-state index in [1.165, 1.54) is 0 Å². The fourth-order valence-corrected chi connectivity index (χ4v) is 0.978. The van der Waals surface area contributed by atoms with Gasteiger partial charge in [0, 0.05) is 0 Å². The van der Waals surface area contributed by atoms with Crippen molar-refractivity contribution in [3.63, 3.8) is 0 Å². The molecule has 0 aliphatic heterocycles. The van der Waals surface area contributed by atoms with E-state index in [1.54, 1.807) is 24.3 Å². The molecule has 14 heavy (non-hydrogen) atoms. The van der Waals surface area contributed by atoms with E-state index in [0.717, 1.165) is 0 Å². The Kier molecular flexibility index (Phi) is 4.10. The topological polar surface area (TPSA) is 78.3 Å². The molecule has 0 saturated carbocycles. The van der Waals surface area contributed by atoms with E-state index < -0.39 is 12.0 Å². The number of rotatable bonds is 4. The number of benzene rings is 1. The first-order valence-corrected chi connectivity index (χ1v) is 4.46. The highest BCUT2D eigenvalue weighted by atomic mass is 16.5. The molecule has 0 aliphatic carbocycles. The van der Waals surface area contributed by atoms with Crippen molar-refractivity contribution >= 4 is 5.97 Å². The molecule has 1 rings (SSSR count). The van der Waals surface area contributed by atoms with Gasteiger partial charge >= 0.3 is 5.97 Å². The summed E-state index contributed by atoms with van der Waals surface area (Å²) in [7, 11) is 0. The lowest BCUT2D eigenvalue weighted by Gasteiger charge is -2.09. The fourth-order valence-electron chi connectivity index (χ4n) is 0.978. The molecule has 0 aromatic heterocycles.